The molecular weight excluding hydrogens is 661 g/mol. The van der Waals surface area contributed by atoms with Crippen molar-refractivity contribution in [1.29, 1.82) is 0 Å². The van der Waals surface area contributed by atoms with Crippen LogP contribution in [0.25, 0.3) is 17.0 Å². The van der Waals surface area contributed by atoms with Gasteiger partial charge in [0, 0.05) is 72.2 Å². The second-order valence-corrected chi connectivity index (χ2v) is 13.2. The molecule has 0 radical (unpaired) electrons. The van der Waals surface area contributed by atoms with Crippen LogP contribution in [0.4, 0.5) is 17.1 Å². The minimum Gasteiger partial charge on any atom is -0.487 e. The topological polar surface area (TPSA) is 95.1 Å². The number of aryl methyl sites for hydroxylation is 1. The van der Waals surface area contributed by atoms with E-state index in [2.05, 4.69) is 22.3 Å². The van der Waals surface area contributed by atoms with Crippen molar-refractivity contribution in [2.75, 3.05) is 47.9 Å². The summed E-state index contributed by atoms with van der Waals surface area (Å²) in [7, 11) is 1.59. The minimum atomic E-state index is -0.417. The summed E-state index contributed by atoms with van der Waals surface area (Å²) in [5, 5.41) is 4.36. The van der Waals surface area contributed by atoms with Crippen LogP contribution in [0.3, 0.4) is 0 Å². The van der Waals surface area contributed by atoms with Crippen LogP contribution in [0.1, 0.15) is 48.9 Å². The highest BCUT2D eigenvalue weighted by atomic mass is 35.5. The van der Waals surface area contributed by atoms with E-state index in [0.29, 0.717) is 28.4 Å². The predicted octanol–water partition coefficient (Wildman–Crippen LogP) is 7.34. The molecule has 0 spiro atoms. The van der Waals surface area contributed by atoms with Gasteiger partial charge in [-0.1, -0.05) is 47.5 Å². The molecule has 2 aliphatic heterocycles. The third-order valence-electron chi connectivity index (χ3n) is 9.00. The number of fused-ring (bicyclic) bond motifs is 1. The summed E-state index contributed by atoms with van der Waals surface area (Å²) < 4.78 is 6.30. The molecule has 11 heteroatoms. The Morgan fingerprint density at radius 3 is 2.51 bits per heavy atom. The predicted molar refractivity (Wildman–Crippen MR) is 197 cm³/mol. The first kappa shape index (κ1) is 34.3. The summed E-state index contributed by atoms with van der Waals surface area (Å²) in [4.78, 5) is 48.0. The van der Waals surface area contributed by atoms with Crippen molar-refractivity contribution in [3.63, 3.8) is 0 Å². The number of amides is 3. The van der Waals surface area contributed by atoms with Crippen LogP contribution < -0.4 is 24.8 Å². The van der Waals surface area contributed by atoms with E-state index >= 15 is 0 Å². The fraction of sp³-hybridized carbons (Fsp3) is 0.316. The number of ether oxygens (including phenoxy) is 1. The summed E-state index contributed by atoms with van der Waals surface area (Å²) in [5.41, 5.74) is 5.47. The Hall–Kier alpha value is -4.60. The smallest absolute Gasteiger partial charge is 0.246 e. The average Bonchev–Trinajstić information content (AvgIpc) is 3.55. The summed E-state index contributed by atoms with van der Waals surface area (Å²) in [6, 6.07) is 18.8. The Kier molecular flexibility index (Phi) is 10.7. The number of likely N-dealkylation sites (N-methyl/N-ethyl adjacent to an activating group) is 1. The van der Waals surface area contributed by atoms with Gasteiger partial charge < -0.3 is 24.8 Å². The van der Waals surface area contributed by atoms with Crippen LogP contribution >= 0.6 is 23.2 Å². The fourth-order valence-electron chi connectivity index (χ4n) is 6.30. The van der Waals surface area contributed by atoms with Gasteiger partial charge in [0.2, 0.25) is 17.7 Å². The molecule has 2 saturated heterocycles. The number of aromatic nitrogens is 1. The van der Waals surface area contributed by atoms with Gasteiger partial charge in [0.1, 0.15) is 17.9 Å². The van der Waals surface area contributed by atoms with Gasteiger partial charge in [-0.05, 0) is 80.6 Å². The summed E-state index contributed by atoms with van der Waals surface area (Å²) in [6.45, 7) is 4.58. The van der Waals surface area contributed by atoms with Gasteiger partial charge in [0.05, 0.1) is 17.3 Å². The maximum atomic E-state index is 13.1. The van der Waals surface area contributed by atoms with Gasteiger partial charge in [-0.25, -0.2) is 4.98 Å². The highest BCUT2D eigenvalue weighted by molar-refractivity contribution is 6.38. The number of halogens is 2. The molecule has 0 saturated carbocycles. The molecule has 0 bridgehead atoms. The highest BCUT2D eigenvalue weighted by Crippen LogP contribution is 2.37. The Balaban J connectivity index is 1.09. The number of hydrogen-bond acceptors (Lipinski definition) is 6. The van der Waals surface area contributed by atoms with Gasteiger partial charge in [-0.3, -0.25) is 14.4 Å². The number of carbonyl (C=O) groups excluding carboxylic acids is 3. The maximum absolute atomic E-state index is 13.1. The number of para-hydroxylation sites is 1. The van der Waals surface area contributed by atoms with Crippen LogP contribution in [0.2, 0.25) is 10.0 Å². The Morgan fingerprint density at radius 1 is 1.00 bits per heavy atom. The molecule has 1 aromatic heterocycles. The number of benzene rings is 3. The highest BCUT2D eigenvalue weighted by Gasteiger charge is 2.22. The molecule has 3 aromatic carbocycles. The molecule has 2 aliphatic rings. The maximum Gasteiger partial charge on any atom is 0.246 e. The number of rotatable bonds is 10. The molecule has 3 amide bonds. The lowest BCUT2D eigenvalue weighted by atomic mass is 10.1. The number of hydrogen-bond donors (Lipinski definition) is 1. The monoisotopic (exact) mass is 699 g/mol. The van der Waals surface area contributed by atoms with Crippen molar-refractivity contribution in [2.45, 2.75) is 45.6 Å². The zero-order valence-electron chi connectivity index (χ0n) is 27.7. The van der Waals surface area contributed by atoms with Crippen molar-refractivity contribution in [3.05, 3.63) is 93.6 Å². The van der Waals surface area contributed by atoms with Crippen LogP contribution in [0.5, 0.6) is 5.75 Å². The van der Waals surface area contributed by atoms with E-state index in [1.165, 1.54) is 35.9 Å². The first-order valence-corrected chi connectivity index (χ1v) is 17.3. The number of pyridine rings is 1. The Bertz CT molecular complexity index is 1910. The van der Waals surface area contributed by atoms with E-state index in [-0.39, 0.29) is 30.0 Å². The quantitative estimate of drug-likeness (QED) is 0.174. The summed E-state index contributed by atoms with van der Waals surface area (Å²) >= 11 is 13.4. The zero-order chi connectivity index (χ0) is 34.5. The standard InChI is InChI=1S/C38H39Cl2N5O4/c1-25-22-32(44-19-4-3-5-20-44)28-8-6-9-33(38(28)42-25)49-24-29-30(39)16-17-31(37(29)40)43(2)36(48)23-41-34(46)18-13-26-11-14-27(15-12-26)45-21-7-10-35(45)47/h6,8-9,11-18,22H,3-5,7,10,19-21,23-24H2,1-2H3,(H,41,46). The molecule has 2 fully saturated rings. The summed E-state index contributed by atoms with van der Waals surface area (Å²) in [5.74, 6) is -0.0395. The number of anilines is 3. The molecular formula is C38H39Cl2N5O4. The van der Waals surface area contributed by atoms with Crippen molar-refractivity contribution in [1.82, 2.24) is 10.3 Å². The van der Waals surface area contributed by atoms with Crippen molar-refractivity contribution >= 4 is 75.0 Å². The van der Waals surface area contributed by atoms with Crippen molar-refractivity contribution < 1.29 is 19.1 Å². The third-order valence-corrected chi connectivity index (χ3v) is 9.77. The summed E-state index contributed by atoms with van der Waals surface area (Å²) in [6.07, 6.45) is 8.05. The van der Waals surface area contributed by atoms with E-state index < -0.39 is 5.91 Å². The second-order valence-electron chi connectivity index (χ2n) is 12.4. The number of piperidine rings is 1. The lowest BCUT2D eigenvalue weighted by Crippen LogP contribution is -2.37. The second kappa shape index (κ2) is 15.3. The van der Waals surface area contributed by atoms with Crippen LogP contribution in [-0.2, 0) is 21.0 Å². The van der Waals surface area contributed by atoms with Crippen molar-refractivity contribution in [3.8, 4) is 5.75 Å². The van der Waals surface area contributed by atoms with Crippen molar-refractivity contribution in [2.24, 2.45) is 0 Å². The molecule has 6 rings (SSSR count). The molecule has 9 nitrogen and oxygen atoms in total. The lowest BCUT2D eigenvalue weighted by molar-refractivity contribution is -0.122. The van der Waals surface area contributed by atoms with E-state index in [0.717, 1.165) is 53.9 Å². The van der Waals surface area contributed by atoms with E-state index in [9.17, 15) is 14.4 Å². The average molecular weight is 701 g/mol. The molecule has 0 unspecified atom stereocenters. The first-order chi connectivity index (χ1) is 23.7. The van der Waals surface area contributed by atoms with E-state index in [1.54, 1.807) is 30.2 Å². The molecule has 0 atom stereocenters. The minimum absolute atomic E-state index is 0.0676. The van der Waals surface area contributed by atoms with E-state index in [4.69, 9.17) is 32.9 Å². The zero-order valence-corrected chi connectivity index (χ0v) is 29.2. The van der Waals surface area contributed by atoms with Gasteiger partial charge in [-0.15, -0.1) is 0 Å². The number of carbonyl (C=O) groups is 3. The largest absolute Gasteiger partial charge is 0.487 e. The number of nitrogens with zero attached hydrogens (tertiary/aromatic N) is 4. The van der Waals surface area contributed by atoms with Crippen LogP contribution in [0, 0.1) is 6.92 Å². The fourth-order valence-corrected chi connectivity index (χ4v) is 6.91. The van der Waals surface area contributed by atoms with Gasteiger partial charge in [0.25, 0.3) is 0 Å². The van der Waals surface area contributed by atoms with Crippen LogP contribution in [-0.4, -0.2) is 55.9 Å². The number of nitrogens with one attached hydrogen (secondary N) is 1. The third kappa shape index (κ3) is 7.84. The molecule has 4 aromatic rings. The SMILES string of the molecule is Cc1cc(N2CCCCC2)c2cccc(OCc3c(Cl)ccc(N(C)C(=O)CNC(=O)C=Cc4ccc(N5CCCC5=O)cc4)c3Cl)c2n1. The van der Waals surface area contributed by atoms with Gasteiger partial charge >= 0.3 is 0 Å². The molecule has 49 heavy (non-hydrogen) atoms. The van der Waals surface area contributed by atoms with Gasteiger partial charge in [0.15, 0.2) is 0 Å². The van der Waals surface area contributed by atoms with Gasteiger partial charge in [-0.2, -0.15) is 0 Å². The normalized spacial score (nSPS) is 14.9. The molecule has 3 heterocycles. The lowest BCUT2D eigenvalue weighted by Gasteiger charge is -2.30. The Morgan fingerprint density at radius 2 is 1.78 bits per heavy atom. The molecule has 1 N–H and O–H groups in total. The van der Waals surface area contributed by atoms with E-state index in [1.807, 2.05) is 43.3 Å². The molecule has 254 valence electrons. The molecule has 0 aliphatic carbocycles. The first-order valence-electron chi connectivity index (χ1n) is 16.6. The Labute approximate surface area is 296 Å². The van der Waals surface area contributed by atoms with Crippen LogP contribution in [0.15, 0.2) is 66.7 Å².